The third-order valence-corrected chi connectivity index (χ3v) is 14.6. The zero-order chi connectivity index (χ0) is 60.8. The molecule has 23 heteroatoms. The molecule has 1 aliphatic rings. The van der Waals surface area contributed by atoms with Gasteiger partial charge < -0.3 is 55.4 Å². The van der Waals surface area contributed by atoms with Crippen LogP contribution in [0.1, 0.15) is 136 Å². The molecule has 0 bridgehead atoms. The fourth-order valence-corrected chi connectivity index (χ4v) is 9.33. The molecule has 0 aromatic heterocycles. The van der Waals surface area contributed by atoms with Crippen molar-refractivity contribution < 1.29 is 57.5 Å². The molecule has 1 unspecified atom stereocenters. The maximum absolute atomic E-state index is 14.8. The molecule has 0 aromatic carbocycles. The Morgan fingerprint density at radius 3 is 1.38 bits per heavy atom. The van der Waals surface area contributed by atoms with Gasteiger partial charge in [0.25, 0.3) is 5.91 Å². The van der Waals surface area contributed by atoms with Crippen LogP contribution < -0.4 is 21.3 Å². The van der Waals surface area contributed by atoms with Crippen LogP contribution in [0.25, 0.3) is 0 Å². The highest BCUT2D eigenvalue weighted by atomic mass is 16.5. The largest absolute Gasteiger partial charge is 0.379 e. The van der Waals surface area contributed by atoms with Crippen molar-refractivity contribution in [2.75, 3.05) is 63.0 Å². The summed E-state index contributed by atoms with van der Waals surface area (Å²) in [5.41, 5.74) is -0.981. The molecule has 23 nitrogen and oxygen atoms in total. The molecular weight excluding hydrogens is 1010 g/mol. The summed E-state index contributed by atoms with van der Waals surface area (Å²) in [7, 11) is 11.1. The molecule has 0 spiro atoms. The van der Waals surface area contributed by atoms with Crippen LogP contribution in [-0.2, 0) is 52.7 Å². The minimum atomic E-state index is -1.25. The van der Waals surface area contributed by atoms with Gasteiger partial charge in [-0.2, -0.15) is 0 Å². The lowest BCUT2D eigenvalue weighted by Crippen LogP contribution is -2.61. The van der Waals surface area contributed by atoms with Gasteiger partial charge >= 0.3 is 6.03 Å². The van der Waals surface area contributed by atoms with E-state index >= 15 is 0 Å². The molecule has 78 heavy (non-hydrogen) atoms. The molecule has 4 N–H and O–H groups in total. The first-order chi connectivity index (χ1) is 35.8. The van der Waals surface area contributed by atoms with Gasteiger partial charge in [-0.05, 0) is 83.0 Å². The quantitative estimate of drug-likeness (QED) is 0.219. The standard InChI is InChI=1S/C55H99N11O12/c1-24-37-49(72)60(16)29-42(67)61(17)41(28-55(14,15)78-23)47(70)59-43(33(8)9)52(75)62(18)38(25-30(2)3)46(69)56-35(12)45(68)57-36(13)48(71)63(19)39(26-31(4)5)50(73)64(20)40(27-32(6)7)51(74)65(21)44(34(10)11)53(76)66(22)54(77)58-37/h30-41,43-44H,24-29H2,1-23H3,(H,56,69)(H,57,68)(H,58,77)(H,59,70)/t35-,36+,37-,38-,39-,40-,41+,43?,44-/m1/s1. The molecule has 1 saturated heterocycles. The predicted molar refractivity (Wildman–Crippen MR) is 297 cm³/mol. The summed E-state index contributed by atoms with van der Waals surface area (Å²) >= 11 is 0. The van der Waals surface area contributed by atoms with Crippen LogP contribution in [0.3, 0.4) is 0 Å². The molecule has 0 aliphatic carbocycles. The Balaban J connectivity index is 4.14. The zero-order valence-electron chi connectivity index (χ0n) is 51.4. The van der Waals surface area contributed by atoms with Gasteiger partial charge in [-0.25, -0.2) is 4.79 Å². The number of amides is 12. The molecule has 0 saturated carbocycles. The number of methoxy groups -OCH3 is 1. The summed E-state index contributed by atoms with van der Waals surface area (Å²) in [6, 6.07) is -11.7. The van der Waals surface area contributed by atoms with Gasteiger partial charge in [0.05, 0.1) is 12.1 Å². The Morgan fingerprint density at radius 1 is 0.500 bits per heavy atom. The van der Waals surface area contributed by atoms with Crippen LogP contribution in [0.15, 0.2) is 0 Å². The van der Waals surface area contributed by atoms with Crippen LogP contribution in [0.2, 0.25) is 0 Å². The van der Waals surface area contributed by atoms with Gasteiger partial charge in [0.1, 0.15) is 54.4 Å². The summed E-state index contributed by atoms with van der Waals surface area (Å²) in [4.78, 5) is 165. The molecular formula is C55H99N11O12. The fraction of sp³-hybridized carbons (Fsp3) is 0.800. The van der Waals surface area contributed by atoms with Crippen LogP contribution in [-0.4, -0.2) is 222 Å². The molecule has 12 amide bonds. The monoisotopic (exact) mass is 1110 g/mol. The topological polar surface area (TPSA) is 268 Å². The number of hydrogen-bond donors (Lipinski definition) is 4. The minimum absolute atomic E-state index is 0.0428. The van der Waals surface area contributed by atoms with Gasteiger partial charge in [0.2, 0.25) is 53.2 Å². The molecule has 1 fully saturated rings. The van der Waals surface area contributed by atoms with Crippen molar-refractivity contribution in [1.29, 1.82) is 0 Å². The smallest absolute Gasteiger partial charge is 0.324 e. The maximum Gasteiger partial charge on any atom is 0.324 e. The number of nitrogens with one attached hydrogen (secondary N) is 4. The molecule has 9 atom stereocenters. The number of ether oxygens (including phenoxy) is 1. The first-order valence-electron chi connectivity index (χ1n) is 27.4. The number of imide groups is 1. The van der Waals surface area contributed by atoms with E-state index in [1.165, 1.54) is 89.9 Å². The Hall–Kier alpha value is -5.87. The number of urea groups is 1. The van der Waals surface area contributed by atoms with Crippen molar-refractivity contribution in [3.05, 3.63) is 0 Å². The second-order valence-corrected chi connectivity index (χ2v) is 23.8. The third kappa shape index (κ3) is 19.2. The summed E-state index contributed by atoms with van der Waals surface area (Å²) in [6.07, 6.45) is 0.479. The lowest BCUT2D eigenvalue weighted by atomic mass is 9.95. The lowest BCUT2D eigenvalue weighted by molar-refractivity contribution is -0.154. The number of carbonyl (C=O) groups excluding carboxylic acids is 11. The van der Waals surface area contributed by atoms with Crippen LogP contribution in [0.4, 0.5) is 4.79 Å². The van der Waals surface area contributed by atoms with E-state index in [-0.39, 0.29) is 49.9 Å². The van der Waals surface area contributed by atoms with Gasteiger partial charge in [-0.1, -0.05) is 76.2 Å². The average molecular weight is 1110 g/mol. The highest BCUT2D eigenvalue weighted by Crippen LogP contribution is 2.24. The average Bonchev–Trinajstić information content (AvgIpc) is 3.35. The van der Waals surface area contributed by atoms with Gasteiger partial charge in [-0.3, -0.25) is 52.8 Å². The summed E-state index contributed by atoms with van der Waals surface area (Å²) in [5.74, 6) is -8.20. The van der Waals surface area contributed by atoms with E-state index in [1.54, 1.807) is 48.5 Å². The first kappa shape index (κ1) is 70.1. The Kier molecular flexibility index (Phi) is 27.4. The molecule has 0 radical (unpaired) electrons. The van der Waals surface area contributed by atoms with E-state index < -0.39 is 143 Å². The maximum atomic E-state index is 14.8. The van der Waals surface area contributed by atoms with Crippen molar-refractivity contribution >= 4 is 65.1 Å². The van der Waals surface area contributed by atoms with Crippen LogP contribution >= 0.6 is 0 Å². The van der Waals surface area contributed by atoms with Crippen molar-refractivity contribution in [2.45, 2.75) is 196 Å². The normalized spacial score (nSPS) is 26.3. The SMILES string of the molecule is CC[C@H]1NC(=O)N(C)C(=O)[C@@H](C(C)C)N(C)C(=O)[C@@H](CC(C)C)N(C)C(=O)[C@@H](CC(C)C)N(C)C(=O)[C@H](C)NC(=O)[C@@H](C)NC(=O)[C@@H](CC(C)C)N(C)C(=O)C(C(C)C)NC(=O)[C@H](CC(C)(C)OC)N(C)C(=O)CN(C)C1=O. The number of hydrogen-bond acceptors (Lipinski definition) is 12. The second-order valence-electron chi connectivity index (χ2n) is 23.8. The predicted octanol–water partition coefficient (Wildman–Crippen LogP) is 2.30. The summed E-state index contributed by atoms with van der Waals surface area (Å²) in [5, 5.41) is 10.8. The number of likely N-dealkylation sites (N-methyl/N-ethyl adjacent to an activating group) is 7. The third-order valence-electron chi connectivity index (χ3n) is 14.6. The number of nitrogens with zero attached hydrogens (tertiary/aromatic N) is 7. The van der Waals surface area contributed by atoms with E-state index in [2.05, 4.69) is 21.3 Å². The fourth-order valence-electron chi connectivity index (χ4n) is 9.33. The zero-order valence-corrected chi connectivity index (χ0v) is 51.4. The van der Waals surface area contributed by atoms with Gasteiger partial charge in [-0.15, -0.1) is 0 Å². The van der Waals surface area contributed by atoms with Crippen LogP contribution in [0, 0.1) is 29.6 Å². The number of carbonyl (C=O) groups is 11. The van der Waals surface area contributed by atoms with E-state index in [0.29, 0.717) is 0 Å². The molecule has 1 heterocycles. The summed E-state index contributed by atoms with van der Waals surface area (Å²) < 4.78 is 5.67. The highest BCUT2D eigenvalue weighted by Gasteiger charge is 2.43. The van der Waals surface area contributed by atoms with Gasteiger partial charge in [0, 0.05) is 62.9 Å². The minimum Gasteiger partial charge on any atom is -0.379 e. The molecule has 1 aliphatic heterocycles. The van der Waals surface area contributed by atoms with E-state index in [1.807, 2.05) is 41.5 Å². The Labute approximate surface area is 465 Å². The summed E-state index contributed by atoms with van der Waals surface area (Å²) in [6.45, 7) is 25.4. The number of rotatable bonds is 12. The Morgan fingerprint density at radius 2 is 0.936 bits per heavy atom. The van der Waals surface area contributed by atoms with E-state index in [4.69, 9.17) is 4.74 Å². The second kappa shape index (κ2) is 30.5. The molecule has 0 aromatic rings. The lowest BCUT2D eigenvalue weighted by Gasteiger charge is -2.40. The molecule has 1 rings (SSSR count). The Bertz CT molecular complexity index is 2130. The van der Waals surface area contributed by atoms with E-state index in [0.717, 1.165) is 14.7 Å². The van der Waals surface area contributed by atoms with Crippen molar-refractivity contribution in [3.63, 3.8) is 0 Å². The van der Waals surface area contributed by atoms with Crippen molar-refractivity contribution in [3.8, 4) is 0 Å². The highest BCUT2D eigenvalue weighted by molar-refractivity contribution is 6.02. The van der Waals surface area contributed by atoms with Crippen LogP contribution in [0.5, 0.6) is 0 Å². The molecule has 446 valence electrons. The van der Waals surface area contributed by atoms with Crippen molar-refractivity contribution in [2.24, 2.45) is 29.6 Å². The van der Waals surface area contributed by atoms with E-state index in [9.17, 15) is 52.7 Å². The first-order valence-corrected chi connectivity index (χ1v) is 27.4. The van der Waals surface area contributed by atoms with Gasteiger partial charge in [0.15, 0.2) is 0 Å². The van der Waals surface area contributed by atoms with Crippen molar-refractivity contribution in [1.82, 2.24) is 55.6 Å².